The number of carbonyl (C=O) groups excluding carboxylic acids is 5. The van der Waals surface area contributed by atoms with Crippen LogP contribution < -0.4 is 16.0 Å². The zero-order chi connectivity index (χ0) is 28.7. The molecule has 0 radical (unpaired) electrons. The average molecular weight is 524 g/mol. The fourth-order valence-electron chi connectivity index (χ4n) is 2.86. The molecule has 0 aliphatic carbocycles. The number of nitrogens with one attached hydrogen (secondary N) is 3. The van der Waals surface area contributed by atoms with Crippen molar-refractivity contribution in [2.45, 2.75) is 91.5 Å². The van der Waals surface area contributed by atoms with Gasteiger partial charge in [0.05, 0.1) is 24.7 Å². The maximum Gasteiger partial charge on any atom is 0.451 e. The zero-order valence-electron chi connectivity index (χ0n) is 22.1. The van der Waals surface area contributed by atoms with Gasteiger partial charge in [0.1, 0.15) is 11.6 Å². The summed E-state index contributed by atoms with van der Waals surface area (Å²) in [5.74, 6) is -4.74. The summed E-state index contributed by atoms with van der Waals surface area (Å²) >= 11 is 0. The summed E-state index contributed by atoms with van der Waals surface area (Å²) < 4.78 is 49.3. The van der Waals surface area contributed by atoms with Crippen LogP contribution in [0.1, 0.15) is 62.3 Å². The summed E-state index contributed by atoms with van der Waals surface area (Å²) in [5.41, 5.74) is -4.88. The van der Waals surface area contributed by atoms with Gasteiger partial charge in [-0.15, -0.1) is 0 Å². The van der Waals surface area contributed by atoms with Crippen LogP contribution in [-0.4, -0.2) is 71.6 Å². The van der Waals surface area contributed by atoms with Crippen molar-refractivity contribution in [1.82, 2.24) is 16.0 Å². The lowest BCUT2D eigenvalue weighted by molar-refractivity contribution is -0.173. The predicted molar refractivity (Wildman–Crippen MR) is 124 cm³/mol. The molecule has 0 aromatic heterocycles. The van der Waals surface area contributed by atoms with Gasteiger partial charge in [0.15, 0.2) is 11.4 Å². The third kappa shape index (κ3) is 12.4. The summed E-state index contributed by atoms with van der Waals surface area (Å²) in [6.07, 6.45) is -4.39. The molecular formula is C23H36F3N3O7. The van der Waals surface area contributed by atoms with Gasteiger partial charge in [-0.3, -0.25) is 30.3 Å². The lowest BCUT2D eigenvalue weighted by Crippen LogP contribution is -2.55. The first kappa shape index (κ1) is 33.4. The minimum absolute atomic E-state index is 0.112. The van der Waals surface area contributed by atoms with Crippen molar-refractivity contribution >= 4 is 29.3 Å². The second-order valence-corrected chi connectivity index (χ2v) is 9.85. The Morgan fingerprint density at radius 2 is 1.22 bits per heavy atom. The molecule has 0 spiro atoms. The van der Waals surface area contributed by atoms with Crippen LogP contribution in [0, 0.1) is 0 Å². The normalized spacial score (nSPS) is 14.2. The Hall–Kier alpha value is -2.64. The van der Waals surface area contributed by atoms with E-state index in [-0.39, 0.29) is 24.7 Å². The quantitative estimate of drug-likeness (QED) is 0.175. The molecule has 3 N–H and O–H groups in total. The highest BCUT2D eigenvalue weighted by Gasteiger charge is 2.44. The Labute approximate surface area is 208 Å². The lowest BCUT2D eigenvalue weighted by atomic mass is 9.91. The molecule has 0 aliphatic rings. The van der Waals surface area contributed by atoms with E-state index in [1.807, 2.05) is 0 Å². The van der Waals surface area contributed by atoms with Gasteiger partial charge in [0.2, 0.25) is 0 Å². The fraction of sp³-hybridized carbons (Fsp3) is 0.696. The molecule has 0 saturated heterocycles. The molecule has 36 heavy (non-hydrogen) atoms. The van der Waals surface area contributed by atoms with Crippen molar-refractivity contribution in [3.05, 3.63) is 11.6 Å². The van der Waals surface area contributed by atoms with Gasteiger partial charge in [-0.1, -0.05) is 0 Å². The molecule has 0 aromatic rings. The summed E-state index contributed by atoms with van der Waals surface area (Å²) in [5, 5.41) is 7.79. The Morgan fingerprint density at radius 3 is 1.61 bits per heavy atom. The van der Waals surface area contributed by atoms with E-state index < -0.39 is 52.5 Å². The molecule has 0 rings (SSSR count). The van der Waals surface area contributed by atoms with Gasteiger partial charge in [0, 0.05) is 11.6 Å². The molecule has 206 valence electrons. The van der Waals surface area contributed by atoms with Crippen LogP contribution in [0.5, 0.6) is 0 Å². The first-order chi connectivity index (χ1) is 16.0. The topological polar surface area (TPSA) is 140 Å². The number of halogens is 3. The summed E-state index contributed by atoms with van der Waals surface area (Å²) in [7, 11) is 0. The molecule has 0 heterocycles. The first-order valence-electron chi connectivity index (χ1n) is 11.1. The van der Waals surface area contributed by atoms with Crippen molar-refractivity contribution < 1.29 is 46.6 Å². The smallest absolute Gasteiger partial charge is 0.441 e. The number of rotatable bonds is 14. The number of Topliss-reactive ketones (excluding diaryl/α,β-unsaturated/α-hetero) is 3. The molecule has 0 bridgehead atoms. The SMILES string of the molecule is CC(=O)CNC(C)(C)OC(=O)/C=C(/C(=O)OC(C)(C)NCC(C)=O)C(C)(C)NC(C)C(=O)C(F)(F)F. The van der Waals surface area contributed by atoms with Gasteiger partial charge in [-0.2, -0.15) is 13.2 Å². The maximum atomic E-state index is 13.1. The minimum Gasteiger partial charge on any atom is -0.441 e. The third-order valence-corrected chi connectivity index (χ3v) is 4.64. The second kappa shape index (κ2) is 12.5. The monoisotopic (exact) mass is 523 g/mol. The number of carbonyl (C=O) groups is 5. The van der Waals surface area contributed by atoms with E-state index in [2.05, 4.69) is 16.0 Å². The van der Waals surface area contributed by atoms with E-state index in [4.69, 9.17) is 9.47 Å². The molecule has 1 unspecified atom stereocenters. The van der Waals surface area contributed by atoms with Gasteiger partial charge in [-0.05, 0) is 62.3 Å². The number of hydrogen-bond acceptors (Lipinski definition) is 10. The van der Waals surface area contributed by atoms with Crippen molar-refractivity contribution in [3.8, 4) is 0 Å². The Balaban J connectivity index is 6.13. The van der Waals surface area contributed by atoms with Gasteiger partial charge >= 0.3 is 18.1 Å². The molecule has 0 aromatic carbocycles. The van der Waals surface area contributed by atoms with Gasteiger partial charge in [0.25, 0.3) is 5.78 Å². The molecule has 1 atom stereocenters. The molecule has 0 amide bonds. The van der Waals surface area contributed by atoms with E-state index in [0.29, 0.717) is 0 Å². The first-order valence-corrected chi connectivity index (χ1v) is 11.1. The largest absolute Gasteiger partial charge is 0.451 e. The summed E-state index contributed by atoms with van der Waals surface area (Å²) in [4.78, 5) is 59.9. The number of alkyl halides is 3. The van der Waals surface area contributed by atoms with E-state index in [9.17, 15) is 37.1 Å². The van der Waals surface area contributed by atoms with Crippen LogP contribution >= 0.6 is 0 Å². The van der Waals surface area contributed by atoms with Crippen molar-refractivity contribution in [2.75, 3.05) is 13.1 Å². The van der Waals surface area contributed by atoms with Crippen LogP contribution in [0.2, 0.25) is 0 Å². The van der Waals surface area contributed by atoms with Crippen molar-refractivity contribution in [3.63, 3.8) is 0 Å². The fourth-order valence-corrected chi connectivity index (χ4v) is 2.86. The Bertz CT molecular complexity index is 894. The standard InChI is InChI=1S/C23H36F3N3O7/c1-13(30)11-27-21(6,7)35-17(32)10-16(19(34)36-22(8,9)28-12-14(2)31)20(4,5)29-15(3)18(33)23(24,25)26/h10,15,27-29H,11-12H2,1-9H3/b16-10-. The molecule has 0 fully saturated rings. The Morgan fingerprint density at radius 1 is 0.806 bits per heavy atom. The molecule has 10 nitrogen and oxygen atoms in total. The highest BCUT2D eigenvalue weighted by molar-refractivity contribution is 5.98. The Kier molecular flexibility index (Phi) is 11.6. The number of ketones is 3. The summed E-state index contributed by atoms with van der Waals surface area (Å²) in [6.45, 7) is 11.6. The average Bonchev–Trinajstić information content (AvgIpc) is 2.66. The lowest BCUT2D eigenvalue weighted by Gasteiger charge is -2.34. The molecular weight excluding hydrogens is 487 g/mol. The minimum atomic E-state index is -5.13. The highest BCUT2D eigenvalue weighted by Crippen LogP contribution is 2.24. The van der Waals surface area contributed by atoms with Crippen LogP contribution in [0.25, 0.3) is 0 Å². The highest BCUT2D eigenvalue weighted by atomic mass is 19.4. The number of hydrogen-bond donors (Lipinski definition) is 3. The zero-order valence-corrected chi connectivity index (χ0v) is 22.1. The van der Waals surface area contributed by atoms with Crippen LogP contribution in [0.15, 0.2) is 11.6 Å². The van der Waals surface area contributed by atoms with Crippen LogP contribution in [-0.2, 0) is 33.4 Å². The van der Waals surface area contributed by atoms with Gasteiger partial charge in [-0.25, -0.2) is 9.59 Å². The summed E-state index contributed by atoms with van der Waals surface area (Å²) in [6, 6.07) is -1.77. The van der Waals surface area contributed by atoms with Crippen LogP contribution in [0.3, 0.4) is 0 Å². The van der Waals surface area contributed by atoms with E-state index in [1.54, 1.807) is 0 Å². The van der Waals surface area contributed by atoms with Crippen LogP contribution in [0.4, 0.5) is 13.2 Å². The third-order valence-electron chi connectivity index (χ3n) is 4.64. The van der Waals surface area contributed by atoms with Crippen molar-refractivity contribution in [1.29, 1.82) is 0 Å². The molecule has 13 heteroatoms. The molecule has 0 aliphatic heterocycles. The predicted octanol–water partition coefficient (Wildman–Crippen LogP) is 1.72. The number of esters is 2. The van der Waals surface area contributed by atoms with E-state index in [0.717, 1.165) is 13.0 Å². The second-order valence-electron chi connectivity index (χ2n) is 9.85. The van der Waals surface area contributed by atoms with E-state index in [1.165, 1.54) is 55.4 Å². The maximum absolute atomic E-state index is 13.1. The van der Waals surface area contributed by atoms with Crippen molar-refractivity contribution in [2.24, 2.45) is 0 Å². The number of ether oxygens (including phenoxy) is 2. The molecule has 0 saturated carbocycles. The van der Waals surface area contributed by atoms with Gasteiger partial charge < -0.3 is 9.47 Å². The van der Waals surface area contributed by atoms with E-state index >= 15 is 0 Å².